The molecule has 0 amide bonds. The fourth-order valence-corrected chi connectivity index (χ4v) is 5.75. The molecule has 138 valence electrons. The first-order valence-corrected chi connectivity index (χ1v) is 9.95. The van der Waals surface area contributed by atoms with Gasteiger partial charge in [-0.15, -0.1) is 0 Å². The average molecular weight is 368 g/mol. The van der Waals surface area contributed by atoms with E-state index in [-0.39, 0.29) is 16.6 Å². The highest BCUT2D eigenvalue weighted by Gasteiger charge is 2.37. The molecule has 1 unspecified atom stereocenters. The number of nitro groups is 1. The number of hydrogen-bond donors (Lipinski definition) is 1. The van der Waals surface area contributed by atoms with Crippen LogP contribution >= 0.6 is 0 Å². The summed E-state index contributed by atoms with van der Waals surface area (Å²) in [5.41, 5.74) is 0.781. The van der Waals surface area contributed by atoms with E-state index in [9.17, 15) is 18.5 Å². The van der Waals surface area contributed by atoms with Crippen LogP contribution in [0, 0.1) is 24.0 Å². The predicted molar refractivity (Wildman–Crippen MR) is 94.2 cm³/mol. The lowest BCUT2D eigenvalue weighted by atomic mass is 10.1. The molecule has 0 bridgehead atoms. The maximum Gasteiger partial charge on any atom is 0.270 e. The molecule has 1 N–H and O–H groups in total. The van der Waals surface area contributed by atoms with E-state index >= 15 is 0 Å². The van der Waals surface area contributed by atoms with Gasteiger partial charge in [-0.2, -0.15) is 4.31 Å². The molecule has 8 nitrogen and oxygen atoms in total. The second kappa shape index (κ2) is 6.99. The van der Waals surface area contributed by atoms with Gasteiger partial charge in [0, 0.05) is 57.4 Å². The van der Waals surface area contributed by atoms with Crippen LogP contribution in [0.4, 0.5) is 5.69 Å². The Morgan fingerprint density at radius 2 is 1.76 bits per heavy atom. The highest BCUT2D eigenvalue weighted by Crippen LogP contribution is 2.30. The molecule has 0 aromatic heterocycles. The van der Waals surface area contributed by atoms with Gasteiger partial charge in [0.15, 0.2) is 0 Å². The van der Waals surface area contributed by atoms with Gasteiger partial charge in [0.25, 0.3) is 5.69 Å². The third-order valence-corrected chi connectivity index (χ3v) is 7.22. The van der Waals surface area contributed by atoms with E-state index in [4.69, 9.17) is 0 Å². The topological polar surface area (TPSA) is 95.8 Å². The smallest absolute Gasteiger partial charge is 0.270 e. The minimum Gasteiger partial charge on any atom is -0.314 e. The summed E-state index contributed by atoms with van der Waals surface area (Å²) in [5, 5.41) is 14.3. The maximum absolute atomic E-state index is 13.1. The van der Waals surface area contributed by atoms with Crippen molar-refractivity contribution in [3.8, 4) is 0 Å². The largest absolute Gasteiger partial charge is 0.314 e. The normalized spacial score (nSPS) is 23.0. The van der Waals surface area contributed by atoms with Gasteiger partial charge >= 0.3 is 0 Å². The average Bonchev–Trinajstić information content (AvgIpc) is 3.05. The molecule has 3 rings (SSSR count). The molecule has 2 aliphatic rings. The zero-order chi connectivity index (χ0) is 18.2. The number of nitrogens with zero attached hydrogens (tertiary/aromatic N) is 3. The first-order chi connectivity index (χ1) is 11.8. The number of benzene rings is 1. The van der Waals surface area contributed by atoms with Gasteiger partial charge < -0.3 is 5.32 Å². The predicted octanol–water partition coefficient (Wildman–Crippen LogP) is 0.880. The van der Waals surface area contributed by atoms with Crippen molar-refractivity contribution in [2.45, 2.75) is 31.2 Å². The first-order valence-electron chi connectivity index (χ1n) is 8.51. The molecule has 1 aromatic carbocycles. The molecule has 1 atom stereocenters. The SMILES string of the molecule is Cc1cc([N+](=O)[O-])cc(C)c1S(=O)(=O)N1CCC(N2CCNCC2)C1. The van der Waals surface area contributed by atoms with Crippen LogP contribution in [0.3, 0.4) is 0 Å². The molecule has 0 radical (unpaired) electrons. The van der Waals surface area contributed by atoms with Gasteiger partial charge in [-0.25, -0.2) is 8.42 Å². The molecule has 2 heterocycles. The molecule has 1 aromatic rings. The highest BCUT2D eigenvalue weighted by atomic mass is 32.2. The van der Waals surface area contributed by atoms with E-state index < -0.39 is 14.9 Å². The Balaban J connectivity index is 1.84. The monoisotopic (exact) mass is 368 g/mol. The lowest BCUT2D eigenvalue weighted by molar-refractivity contribution is -0.385. The number of hydrogen-bond acceptors (Lipinski definition) is 6. The molecule has 0 spiro atoms. The fraction of sp³-hybridized carbons (Fsp3) is 0.625. The van der Waals surface area contributed by atoms with Gasteiger partial charge in [-0.05, 0) is 31.4 Å². The molecule has 2 saturated heterocycles. The molecule has 9 heteroatoms. The number of nitrogens with one attached hydrogen (secondary N) is 1. The van der Waals surface area contributed by atoms with E-state index in [0.29, 0.717) is 24.2 Å². The molecule has 2 fully saturated rings. The highest BCUT2D eigenvalue weighted by molar-refractivity contribution is 7.89. The van der Waals surface area contributed by atoms with E-state index in [1.165, 1.54) is 16.4 Å². The Bertz CT molecular complexity index is 751. The van der Waals surface area contributed by atoms with E-state index in [2.05, 4.69) is 10.2 Å². The first kappa shape index (κ1) is 18.2. The van der Waals surface area contributed by atoms with Gasteiger partial charge in [0.1, 0.15) is 0 Å². The number of piperazine rings is 1. The van der Waals surface area contributed by atoms with Crippen molar-refractivity contribution in [3.05, 3.63) is 33.4 Å². The van der Waals surface area contributed by atoms with Crippen molar-refractivity contribution in [1.82, 2.24) is 14.5 Å². The number of nitro benzene ring substituents is 1. The van der Waals surface area contributed by atoms with E-state index in [1.54, 1.807) is 13.8 Å². The van der Waals surface area contributed by atoms with Gasteiger partial charge in [0.05, 0.1) is 9.82 Å². The summed E-state index contributed by atoms with van der Waals surface area (Å²) in [4.78, 5) is 13.0. The molecule has 25 heavy (non-hydrogen) atoms. The van der Waals surface area contributed by atoms with Gasteiger partial charge in [0.2, 0.25) is 10.0 Å². The quantitative estimate of drug-likeness (QED) is 0.626. The minimum absolute atomic E-state index is 0.0749. The van der Waals surface area contributed by atoms with Crippen LogP contribution in [0.15, 0.2) is 17.0 Å². The zero-order valence-corrected chi connectivity index (χ0v) is 15.4. The summed E-state index contributed by atoms with van der Waals surface area (Å²) >= 11 is 0. The van der Waals surface area contributed by atoms with Crippen molar-refractivity contribution < 1.29 is 13.3 Å². The Morgan fingerprint density at radius 1 is 1.16 bits per heavy atom. The van der Waals surface area contributed by atoms with Crippen LogP contribution in [0.1, 0.15) is 17.5 Å². The summed E-state index contributed by atoms with van der Waals surface area (Å²) in [6.07, 6.45) is 0.824. The molecule has 0 aliphatic carbocycles. The fourth-order valence-electron chi connectivity index (χ4n) is 3.84. The van der Waals surface area contributed by atoms with Gasteiger partial charge in [-0.3, -0.25) is 15.0 Å². The Kier molecular flexibility index (Phi) is 5.10. The van der Waals surface area contributed by atoms with Crippen molar-refractivity contribution in [2.75, 3.05) is 39.3 Å². The summed E-state index contributed by atoms with van der Waals surface area (Å²) in [7, 11) is -3.65. The Hall–Kier alpha value is -1.55. The van der Waals surface area contributed by atoms with Crippen LogP contribution in [0.5, 0.6) is 0 Å². The molecular weight excluding hydrogens is 344 g/mol. The third kappa shape index (κ3) is 3.55. The minimum atomic E-state index is -3.65. The van der Waals surface area contributed by atoms with E-state index in [0.717, 1.165) is 32.6 Å². The van der Waals surface area contributed by atoms with Crippen LogP contribution in [-0.2, 0) is 10.0 Å². The van der Waals surface area contributed by atoms with Crippen LogP contribution in [-0.4, -0.2) is 67.9 Å². The van der Waals surface area contributed by atoms with Crippen molar-refractivity contribution >= 4 is 15.7 Å². The molecule has 0 saturated carbocycles. The van der Waals surface area contributed by atoms with Crippen LogP contribution in [0.2, 0.25) is 0 Å². The Labute approximate surface area is 148 Å². The standard InChI is InChI=1S/C16H24N4O4S/c1-12-9-15(20(21)22)10-13(2)16(12)25(23,24)19-6-3-14(11-19)18-7-4-17-5-8-18/h9-10,14,17H,3-8,11H2,1-2H3. The summed E-state index contributed by atoms with van der Waals surface area (Å²) in [5.74, 6) is 0. The second-order valence-electron chi connectivity index (χ2n) is 6.76. The lowest BCUT2D eigenvalue weighted by Crippen LogP contribution is -2.49. The van der Waals surface area contributed by atoms with Crippen molar-refractivity contribution in [1.29, 1.82) is 0 Å². The summed E-state index contributed by atoms with van der Waals surface area (Å²) in [6, 6.07) is 2.92. The zero-order valence-electron chi connectivity index (χ0n) is 14.6. The number of rotatable bonds is 4. The van der Waals surface area contributed by atoms with Crippen LogP contribution in [0.25, 0.3) is 0 Å². The maximum atomic E-state index is 13.1. The van der Waals surface area contributed by atoms with E-state index in [1.807, 2.05) is 0 Å². The second-order valence-corrected chi connectivity index (χ2v) is 8.63. The number of non-ortho nitro benzene ring substituents is 1. The number of aryl methyl sites for hydroxylation is 2. The summed E-state index contributed by atoms with van der Waals surface area (Å²) < 4.78 is 27.8. The van der Waals surface area contributed by atoms with Crippen molar-refractivity contribution in [3.63, 3.8) is 0 Å². The third-order valence-electron chi connectivity index (χ3n) is 5.05. The number of sulfonamides is 1. The Morgan fingerprint density at radius 3 is 2.32 bits per heavy atom. The van der Waals surface area contributed by atoms with Crippen LogP contribution < -0.4 is 5.32 Å². The molecule has 2 aliphatic heterocycles. The lowest BCUT2D eigenvalue weighted by Gasteiger charge is -2.32. The molecular formula is C16H24N4O4S. The summed E-state index contributed by atoms with van der Waals surface area (Å²) in [6.45, 7) is 7.97. The van der Waals surface area contributed by atoms with Crippen molar-refractivity contribution in [2.24, 2.45) is 0 Å². The van der Waals surface area contributed by atoms with Gasteiger partial charge in [-0.1, -0.05) is 0 Å².